The number of hydrogen-bond acceptors (Lipinski definition) is 3. The van der Waals surface area contributed by atoms with E-state index in [1.807, 2.05) is 0 Å². The highest BCUT2D eigenvalue weighted by Gasteiger charge is 2.23. The third kappa shape index (κ3) is 3.32. The number of carbonyl (C=O) groups excluding carboxylic acids is 1. The molecule has 1 saturated carbocycles. The van der Waals surface area contributed by atoms with Gasteiger partial charge in [-0.05, 0) is 12.8 Å². The zero-order valence-electron chi connectivity index (χ0n) is 7.83. The Morgan fingerprint density at radius 1 is 1.46 bits per heavy atom. The van der Waals surface area contributed by atoms with Crippen molar-refractivity contribution in [2.24, 2.45) is 5.73 Å². The molecule has 0 aromatic heterocycles. The maximum Gasteiger partial charge on any atom is 0.221 e. The zero-order valence-corrected chi connectivity index (χ0v) is 7.83. The summed E-state index contributed by atoms with van der Waals surface area (Å²) in [6.45, 7) is 0.370. The van der Waals surface area contributed by atoms with Gasteiger partial charge in [0.25, 0.3) is 0 Å². The number of nitrogens with two attached hydrogens (primary N) is 1. The first kappa shape index (κ1) is 10.5. The molecule has 0 radical (unpaired) electrons. The minimum absolute atomic E-state index is 0.0477. The van der Waals surface area contributed by atoms with Gasteiger partial charge in [-0.3, -0.25) is 4.79 Å². The van der Waals surface area contributed by atoms with Gasteiger partial charge in [0.05, 0.1) is 12.1 Å². The minimum atomic E-state index is -0.365. The standard InChI is InChI=1S/C9H18N2O2/c10-6-5-9(13)11-7-3-1-2-4-8(7)12/h7-8,12H,1-6,10H2,(H,11,13)/t7-,8-/m1/s1. The monoisotopic (exact) mass is 186 g/mol. The van der Waals surface area contributed by atoms with Crippen LogP contribution in [0.4, 0.5) is 0 Å². The van der Waals surface area contributed by atoms with Crippen molar-refractivity contribution in [3.05, 3.63) is 0 Å². The molecule has 76 valence electrons. The lowest BCUT2D eigenvalue weighted by molar-refractivity contribution is -0.122. The van der Waals surface area contributed by atoms with E-state index in [2.05, 4.69) is 5.32 Å². The summed E-state index contributed by atoms with van der Waals surface area (Å²) in [7, 11) is 0. The average Bonchev–Trinajstić information content (AvgIpc) is 2.09. The van der Waals surface area contributed by atoms with Crippen LogP contribution < -0.4 is 11.1 Å². The maximum absolute atomic E-state index is 11.2. The van der Waals surface area contributed by atoms with Gasteiger partial charge in [0.15, 0.2) is 0 Å². The highest BCUT2D eigenvalue weighted by Crippen LogP contribution is 2.18. The van der Waals surface area contributed by atoms with Crippen molar-refractivity contribution in [2.45, 2.75) is 44.2 Å². The van der Waals surface area contributed by atoms with E-state index in [1.165, 1.54) is 0 Å². The van der Waals surface area contributed by atoms with E-state index >= 15 is 0 Å². The first-order valence-corrected chi connectivity index (χ1v) is 4.91. The molecule has 1 rings (SSSR count). The van der Waals surface area contributed by atoms with Crippen LogP contribution in [0.1, 0.15) is 32.1 Å². The Balaban J connectivity index is 2.29. The van der Waals surface area contributed by atoms with E-state index in [-0.39, 0.29) is 18.1 Å². The lowest BCUT2D eigenvalue weighted by Crippen LogP contribution is -2.45. The predicted octanol–water partition coefficient (Wildman–Crippen LogP) is -0.245. The first-order valence-electron chi connectivity index (χ1n) is 4.91. The van der Waals surface area contributed by atoms with Crippen LogP contribution in [0.3, 0.4) is 0 Å². The fourth-order valence-electron chi connectivity index (χ4n) is 1.69. The van der Waals surface area contributed by atoms with E-state index in [4.69, 9.17) is 5.73 Å². The minimum Gasteiger partial charge on any atom is -0.391 e. The number of rotatable bonds is 3. The molecular formula is C9H18N2O2. The molecule has 1 fully saturated rings. The second kappa shape index (κ2) is 5.19. The van der Waals surface area contributed by atoms with Crippen LogP contribution in [0.15, 0.2) is 0 Å². The van der Waals surface area contributed by atoms with E-state index in [0.29, 0.717) is 13.0 Å². The van der Waals surface area contributed by atoms with Gasteiger partial charge in [-0.1, -0.05) is 12.8 Å². The van der Waals surface area contributed by atoms with E-state index < -0.39 is 0 Å². The molecule has 0 unspecified atom stereocenters. The normalized spacial score (nSPS) is 28.5. The van der Waals surface area contributed by atoms with Gasteiger partial charge >= 0.3 is 0 Å². The number of aliphatic hydroxyl groups is 1. The molecule has 0 heterocycles. The Hall–Kier alpha value is -0.610. The molecule has 4 heteroatoms. The number of aliphatic hydroxyl groups excluding tert-OH is 1. The third-order valence-electron chi connectivity index (χ3n) is 2.45. The number of nitrogens with one attached hydrogen (secondary N) is 1. The summed E-state index contributed by atoms with van der Waals surface area (Å²) in [4.78, 5) is 11.2. The maximum atomic E-state index is 11.2. The van der Waals surface area contributed by atoms with Gasteiger partial charge < -0.3 is 16.2 Å². The first-order chi connectivity index (χ1) is 6.24. The van der Waals surface area contributed by atoms with Crippen molar-refractivity contribution >= 4 is 5.91 Å². The van der Waals surface area contributed by atoms with Crippen LogP contribution in [-0.2, 0) is 4.79 Å². The molecule has 4 nitrogen and oxygen atoms in total. The van der Waals surface area contributed by atoms with Crippen molar-refractivity contribution in [3.63, 3.8) is 0 Å². The average molecular weight is 186 g/mol. The van der Waals surface area contributed by atoms with Crippen LogP contribution in [0.5, 0.6) is 0 Å². The number of amides is 1. The molecular weight excluding hydrogens is 168 g/mol. The van der Waals surface area contributed by atoms with Crippen LogP contribution in [-0.4, -0.2) is 29.7 Å². The molecule has 13 heavy (non-hydrogen) atoms. The predicted molar refractivity (Wildman–Crippen MR) is 50.1 cm³/mol. The number of hydrogen-bond donors (Lipinski definition) is 3. The summed E-state index contributed by atoms with van der Waals surface area (Å²) < 4.78 is 0. The third-order valence-corrected chi connectivity index (χ3v) is 2.45. The fraction of sp³-hybridized carbons (Fsp3) is 0.889. The smallest absolute Gasteiger partial charge is 0.221 e. The summed E-state index contributed by atoms with van der Waals surface area (Å²) in [6.07, 6.45) is 3.82. The fourth-order valence-corrected chi connectivity index (χ4v) is 1.69. The SMILES string of the molecule is NCCC(=O)N[C@@H]1CCCC[C@H]1O. The van der Waals surface area contributed by atoms with Crippen molar-refractivity contribution < 1.29 is 9.90 Å². The van der Waals surface area contributed by atoms with E-state index in [1.54, 1.807) is 0 Å². The van der Waals surface area contributed by atoms with Gasteiger partial charge in [-0.2, -0.15) is 0 Å². The summed E-state index contributed by atoms with van der Waals surface area (Å²) in [6, 6.07) is -0.0483. The van der Waals surface area contributed by atoms with Gasteiger partial charge in [-0.15, -0.1) is 0 Å². The highest BCUT2D eigenvalue weighted by molar-refractivity contribution is 5.76. The molecule has 0 saturated heterocycles. The lowest BCUT2D eigenvalue weighted by atomic mass is 9.92. The van der Waals surface area contributed by atoms with E-state index in [0.717, 1.165) is 25.7 Å². The lowest BCUT2D eigenvalue weighted by Gasteiger charge is -2.28. The van der Waals surface area contributed by atoms with Crippen LogP contribution in [0.2, 0.25) is 0 Å². The largest absolute Gasteiger partial charge is 0.391 e. The highest BCUT2D eigenvalue weighted by atomic mass is 16.3. The van der Waals surface area contributed by atoms with Crippen molar-refractivity contribution in [1.29, 1.82) is 0 Å². The second-order valence-electron chi connectivity index (χ2n) is 3.56. The molecule has 1 aliphatic rings. The molecule has 0 aromatic carbocycles. The Kier molecular flexibility index (Phi) is 4.18. The van der Waals surface area contributed by atoms with Crippen LogP contribution in [0, 0.1) is 0 Å². The quantitative estimate of drug-likeness (QED) is 0.569. The molecule has 1 aliphatic carbocycles. The Bertz CT molecular complexity index is 173. The number of carbonyl (C=O) groups is 1. The Morgan fingerprint density at radius 3 is 2.77 bits per heavy atom. The second-order valence-corrected chi connectivity index (χ2v) is 3.56. The topological polar surface area (TPSA) is 75.4 Å². The molecule has 0 aliphatic heterocycles. The summed E-state index contributed by atoms with van der Waals surface area (Å²) in [5, 5.41) is 12.3. The summed E-state index contributed by atoms with van der Waals surface area (Å²) in [5.41, 5.74) is 5.25. The zero-order chi connectivity index (χ0) is 9.68. The molecule has 0 bridgehead atoms. The van der Waals surface area contributed by atoms with Crippen molar-refractivity contribution in [2.75, 3.05) is 6.54 Å². The van der Waals surface area contributed by atoms with Crippen molar-refractivity contribution in [3.8, 4) is 0 Å². The molecule has 0 spiro atoms. The molecule has 4 N–H and O–H groups in total. The van der Waals surface area contributed by atoms with Gasteiger partial charge in [-0.25, -0.2) is 0 Å². The van der Waals surface area contributed by atoms with Crippen LogP contribution in [0.25, 0.3) is 0 Å². The molecule has 0 aromatic rings. The van der Waals surface area contributed by atoms with Gasteiger partial charge in [0.1, 0.15) is 0 Å². The van der Waals surface area contributed by atoms with E-state index in [9.17, 15) is 9.90 Å². The van der Waals surface area contributed by atoms with Gasteiger partial charge in [0.2, 0.25) is 5.91 Å². The molecule has 2 atom stereocenters. The van der Waals surface area contributed by atoms with Gasteiger partial charge in [0, 0.05) is 13.0 Å². The molecule has 1 amide bonds. The Labute approximate surface area is 78.5 Å². The van der Waals surface area contributed by atoms with Crippen molar-refractivity contribution in [1.82, 2.24) is 5.32 Å². The summed E-state index contributed by atoms with van der Waals surface area (Å²) in [5.74, 6) is -0.0477. The summed E-state index contributed by atoms with van der Waals surface area (Å²) >= 11 is 0. The Morgan fingerprint density at radius 2 is 2.15 bits per heavy atom. The van der Waals surface area contributed by atoms with Crippen LogP contribution >= 0.6 is 0 Å².